The van der Waals surface area contributed by atoms with E-state index in [-0.39, 0.29) is 6.03 Å². The first-order valence-corrected chi connectivity index (χ1v) is 6.04. The van der Waals surface area contributed by atoms with Crippen LogP contribution in [0.4, 0.5) is 16.2 Å². The molecule has 0 aromatic heterocycles. The lowest BCUT2D eigenvalue weighted by molar-refractivity contribution is 0.150. The van der Waals surface area contributed by atoms with Crippen LogP contribution < -0.4 is 15.5 Å². The highest BCUT2D eigenvalue weighted by Gasteiger charge is 2.06. The van der Waals surface area contributed by atoms with Crippen molar-refractivity contribution in [3.05, 3.63) is 24.3 Å². The molecular weight excluding hydrogens is 230 g/mol. The van der Waals surface area contributed by atoms with E-state index < -0.39 is 0 Å². The van der Waals surface area contributed by atoms with Gasteiger partial charge in [-0.2, -0.15) is 0 Å². The summed E-state index contributed by atoms with van der Waals surface area (Å²) in [6.45, 7) is 3.61. The summed E-state index contributed by atoms with van der Waals surface area (Å²) < 4.78 is 5.15. The van der Waals surface area contributed by atoms with Crippen molar-refractivity contribution in [2.75, 3.05) is 44.1 Å². The number of ether oxygens (including phenoxy) is 1. The second-order valence-electron chi connectivity index (χ2n) is 3.99. The number of nitrogens with one attached hydrogen (secondary N) is 2. The Morgan fingerprint density at radius 2 is 2.06 bits per heavy atom. The fraction of sp³-hybridized carbons (Fsp3) is 0.462. The Labute approximate surface area is 108 Å². The number of amides is 2. The molecule has 0 aliphatic carbocycles. The summed E-state index contributed by atoms with van der Waals surface area (Å²) >= 11 is 0. The third kappa shape index (κ3) is 4.63. The van der Waals surface area contributed by atoms with Crippen molar-refractivity contribution in [3.63, 3.8) is 0 Å². The number of hydrogen-bond acceptors (Lipinski definition) is 3. The van der Waals surface area contributed by atoms with E-state index >= 15 is 0 Å². The van der Waals surface area contributed by atoms with Crippen molar-refractivity contribution < 1.29 is 9.53 Å². The zero-order valence-corrected chi connectivity index (χ0v) is 11.2. The molecule has 5 heteroatoms. The van der Waals surface area contributed by atoms with E-state index in [1.54, 1.807) is 0 Å². The van der Waals surface area contributed by atoms with E-state index in [1.807, 2.05) is 50.2 Å². The third-order valence-electron chi connectivity index (χ3n) is 2.37. The van der Waals surface area contributed by atoms with E-state index in [1.165, 1.54) is 0 Å². The van der Waals surface area contributed by atoms with Crippen LogP contribution in [0.15, 0.2) is 24.3 Å². The smallest absolute Gasteiger partial charge is 0.319 e. The number of para-hydroxylation sites is 2. The van der Waals surface area contributed by atoms with Gasteiger partial charge in [0.15, 0.2) is 0 Å². The van der Waals surface area contributed by atoms with Gasteiger partial charge in [0.1, 0.15) is 0 Å². The van der Waals surface area contributed by atoms with Crippen LogP contribution in [0.5, 0.6) is 0 Å². The van der Waals surface area contributed by atoms with Gasteiger partial charge in [-0.1, -0.05) is 12.1 Å². The quantitative estimate of drug-likeness (QED) is 0.759. The molecule has 0 aliphatic rings. The fourth-order valence-electron chi connectivity index (χ4n) is 1.52. The number of rotatable bonds is 6. The van der Waals surface area contributed by atoms with E-state index in [2.05, 4.69) is 10.6 Å². The summed E-state index contributed by atoms with van der Waals surface area (Å²) in [5, 5.41) is 5.56. The first-order valence-electron chi connectivity index (χ1n) is 6.04. The Kier molecular flexibility index (Phi) is 6.00. The molecule has 0 heterocycles. The maximum atomic E-state index is 11.7. The summed E-state index contributed by atoms with van der Waals surface area (Å²) in [4.78, 5) is 13.6. The number of benzene rings is 1. The van der Waals surface area contributed by atoms with Crippen LogP contribution in [0.2, 0.25) is 0 Å². The lowest BCUT2D eigenvalue weighted by Gasteiger charge is -2.17. The molecule has 1 rings (SSSR count). The van der Waals surface area contributed by atoms with Gasteiger partial charge < -0.3 is 20.3 Å². The normalized spacial score (nSPS) is 9.94. The van der Waals surface area contributed by atoms with Gasteiger partial charge in [-0.15, -0.1) is 0 Å². The van der Waals surface area contributed by atoms with Gasteiger partial charge in [-0.05, 0) is 19.1 Å². The van der Waals surface area contributed by atoms with Crippen molar-refractivity contribution >= 4 is 17.4 Å². The SMILES string of the molecule is CCOCCNC(=O)Nc1ccccc1N(C)C. The predicted octanol–water partition coefficient (Wildman–Crippen LogP) is 1.91. The second kappa shape index (κ2) is 7.55. The molecule has 0 fully saturated rings. The summed E-state index contributed by atoms with van der Waals surface area (Å²) in [7, 11) is 3.88. The molecule has 0 spiro atoms. The number of urea groups is 1. The standard InChI is InChI=1S/C13H21N3O2/c1-4-18-10-9-14-13(17)15-11-7-5-6-8-12(11)16(2)3/h5-8H,4,9-10H2,1-3H3,(H2,14,15,17). The van der Waals surface area contributed by atoms with Gasteiger partial charge in [-0.25, -0.2) is 4.79 Å². The second-order valence-corrected chi connectivity index (χ2v) is 3.99. The molecule has 1 aromatic carbocycles. The van der Waals surface area contributed by atoms with Crippen molar-refractivity contribution in [2.24, 2.45) is 0 Å². The van der Waals surface area contributed by atoms with Gasteiger partial charge in [0.25, 0.3) is 0 Å². The molecule has 1 aromatic rings. The Balaban J connectivity index is 2.49. The summed E-state index contributed by atoms with van der Waals surface area (Å²) in [5.74, 6) is 0. The first kappa shape index (κ1) is 14.3. The monoisotopic (exact) mass is 251 g/mol. The molecule has 0 saturated carbocycles. The van der Waals surface area contributed by atoms with E-state index in [0.717, 1.165) is 11.4 Å². The highest BCUT2D eigenvalue weighted by molar-refractivity contribution is 5.93. The van der Waals surface area contributed by atoms with Crippen LogP contribution in [-0.4, -0.2) is 39.9 Å². The van der Waals surface area contributed by atoms with Crippen molar-refractivity contribution in [3.8, 4) is 0 Å². The summed E-state index contributed by atoms with van der Waals surface area (Å²) in [6, 6.07) is 7.44. The summed E-state index contributed by atoms with van der Waals surface area (Å²) in [6.07, 6.45) is 0. The van der Waals surface area contributed by atoms with Gasteiger partial charge in [0.2, 0.25) is 0 Å². The Bertz CT molecular complexity index is 380. The molecular formula is C13H21N3O2. The van der Waals surface area contributed by atoms with Gasteiger partial charge in [0, 0.05) is 27.2 Å². The molecule has 2 amide bonds. The highest BCUT2D eigenvalue weighted by Crippen LogP contribution is 2.22. The van der Waals surface area contributed by atoms with E-state index in [0.29, 0.717) is 19.8 Å². The van der Waals surface area contributed by atoms with Crippen LogP contribution in [0.1, 0.15) is 6.92 Å². The number of carbonyl (C=O) groups is 1. The first-order chi connectivity index (χ1) is 8.65. The van der Waals surface area contributed by atoms with Crippen molar-refractivity contribution in [2.45, 2.75) is 6.92 Å². The minimum atomic E-state index is -0.219. The molecule has 100 valence electrons. The minimum absolute atomic E-state index is 0.219. The van der Waals surface area contributed by atoms with Gasteiger partial charge in [-0.3, -0.25) is 0 Å². The van der Waals surface area contributed by atoms with Crippen LogP contribution in [0.25, 0.3) is 0 Å². The largest absolute Gasteiger partial charge is 0.380 e. The van der Waals surface area contributed by atoms with Crippen LogP contribution in [0.3, 0.4) is 0 Å². The minimum Gasteiger partial charge on any atom is -0.380 e. The maximum absolute atomic E-state index is 11.7. The van der Waals surface area contributed by atoms with Gasteiger partial charge >= 0.3 is 6.03 Å². The topological polar surface area (TPSA) is 53.6 Å². The zero-order valence-electron chi connectivity index (χ0n) is 11.2. The van der Waals surface area contributed by atoms with Crippen LogP contribution in [0, 0.1) is 0 Å². The molecule has 0 aliphatic heterocycles. The van der Waals surface area contributed by atoms with Crippen LogP contribution in [-0.2, 0) is 4.74 Å². The lowest BCUT2D eigenvalue weighted by Crippen LogP contribution is -2.32. The molecule has 0 unspecified atom stereocenters. The van der Waals surface area contributed by atoms with Gasteiger partial charge in [0.05, 0.1) is 18.0 Å². The molecule has 0 radical (unpaired) electrons. The van der Waals surface area contributed by atoms with E-state index in [9.17, 15) is 4.79 Å². The van der Waals surface area contributed by atoms with Crippen molar-refractivity contribution in [1.29, 1.82) is 0 Å². The lowest BCUT2D eigenvalue weighted by atomic mass is 10.2. The summed E-state index contributed by atoms with van der Waals surface area (Å²) in [5.41, 5.74) is 1.76. The molecule has 0 atom stereocenters. The average Bonchev–Trinajstić information content (AvgIpc) is 2.35. The predicted molar refractivity (Wildman–Crippen MR) is 74.3 cm³/mol. The third-order valence-corrected chi connectivity index (χ3v) is 2.37. The van der Waals surface area contributed by atoms with E-state index in [4.69, 9.17) is 4.74 Å². The number of hydrogen-bond donors (Lipinski definition) is 2. The van der Waals surface area contributed by atoms with Crippen molar-refractivity contribution in [1.82, 2.24) is 5.32 Å². The zero-order chi connectivity index (χ0) is 13.4. The molecule has 0 bridgehead atoms. The number of anilines is 2. The molecule has 5 nitrogen and oxygen atoms in total. The average molecular weight is 251 g/mol. The van der Waals surface area contributed by atoms with Crippen LogP contribution >= 0.6 is 0 Å². The number of carbonyl (C=O) groups excluding carboxylic acids is 1. The fourth-order valence-corrected chi connectivity index (χ4v) is 1.52. The Morgan fingerprint density at radius 3 is 2.72 bits per heavy atom. The number of nitrogens with zero attached hydrogens (tertiary/aromatic N) is 1. The Morgan fingerprint density at radius 1 is 1.33 bits per heavy atom. The maximum Gasteiger partial charge on any atom is 0.319 e. The molecule has 2 N–H and O–H groups in total. The molecule has 0 saturated heterocycles. The highest BCUT2D eigenvalue weighted by atomic mass is 16.5. The molecule has 18 heavy (non-hydrogen) atoms. The Hall–Kier alpha value is -1.75.